The average molecular weight is 375 g/mol. The lowest BCUT2D eigenvalue weighted by atomic mass is 9.94. The minimum absolute atomic E-state index is 0.00331. The average Bonchev–Trinajstić information content (AvgIpc) is 2.55. The molecule has 0 radical (unpaired) electrons. The highest BCUT2D eigenvalue weighted by Gasteiger charge is 2.35. The standard InChI is InChI=1S/C17H14F5NO3/c18-10-1-2-11(14(7-10)17(20,21)22)12-5-9(8-23-3-4-24)6-13(15(12)19)16(25)26/h1-2,5-7,23-24H,3-4,8H2,(H,25,26). The van der Waals surface area contributed by atoms with Gasteiger partial charge in [-0.25, -0.2) is 13.6 Å². The number of aliphatic hydroxyl groups is 1. The molecule has 0 saturated heterocycles. The highest BCUT2D eigenvalue weighted by molar-refractivity contribution is 5.90. The third kappa shape index (κ3) is 4.36. The van der Waals surface area contributed by atoms with Crippen molar-refractivity contribution in [1.29, 1.82) is 0 Å². The van der Waals surface area contributed by atoms with Crippen LogP contribution in [0, 0.1) is 11.6 Å². The van der Waals surface area contributed by atoms with Crippen LogP contribution in [0.2, 0.25) is 0 Å². The Bertz CT molecular complexity index is 821. The zero-order valence-corrected chi connectivity index (χ0v) is 13.2. The quantitative estimate of drug-likeness (QED) is 0.535. The van der Waals surface area contributed by atoms with Crippen molar-refractivity contribution >= 4 is 5.97 Å². The number of hydrogen-bond donors (Lipinski definition) is 3. The Balaban J connectivity index is 2.67. The predicted octanol–water partition coefficient (Wildman–Crippen LogP) is 3.43. The topological polar surface area (TPSA) is 69.6 Å². The first kappa shape index (κ1) is 19.8. The van der Waals surface area contributed by atoms with E-state index in [1.807, 2.05) is 0 Å². The van der Waals surface area contributed by atoms with E-state index >= 15 is 0 Å². The number of benzene rings is 2. The van der Waals surface area contributed by atoms with Gasteiger partial charge in [-0.1, -0.05) is 6.07 Å². The number of alkyl halides is 3. The second-order valence-corrected chi connectivity index (χ2v) is 5.40. The number of halogens is 5. The summed E-state index contributed by atoms with van der Waals surface area (Å²) in [5.41, 5.74) is -3.28. The van der Waals surface area contributed by atoms with Gasteiger partial charge in [0.25, 0.3) is 0 Å². The molecule has 4 nitrogen and oxygen atoms in total. The zero-order chi connectivity index (χ0) is 19.5. The van der Waals surface area contributed by atoms with Crippen molar-refractivity contribution in [3.05, 3.63) is 58.7 Å². The van der Waals surface area contributed by atoms with Crippen LogP contribution in [0.25, 0.3) is 11.1 Å². The Kier molecular flexibility index (Phi) is 5.94. The summed E-state index contributed by atoms with van der Waals surface area (Å²) in [4.78, 5) is 11.2. The molecule has 0 spiro atoms. The van der Waals surface area contributed by atoms with E-state index in [1.165, 1.54) is 0 Å². The van der Waals surface area contributed by atoms with E-state index in [2.05, 4.69) is 5.32 Å². The molecular weight excluding hydrogens is 361 g/mol. The van der Waals surface area contributed by atoms with Crippen LogP contribution in [0.4, 0.5) is 22.0 Å². The van der Waals surface area contributed by atoms with E-state index in [1.54, 1.807) is 0 Å². The second kappa shape index (κ2) is 7.79. The Hall–Kier alpha value is -2.52. The van der Waals surface area contributed by atoms with E-state index in [0.29, 0.717) is 0 Å². The van der Waals surface area contributed by atoms with Crippen LogP contribution in [0.5, 0.6) is 0 Å². The summed E-state index contributed by atoms with van der Waals surface area (Å²) in [6, 6.07) is 3.77. The van der Waals surface area contributed by atoms with Gasteiger partial charge in [-0.15, -0.1) is 0 Å². The molecule has 0 bridgehead atoms. The molecule has 0 aliphatic heterocycles. The molecule has 0 heterocycles. The summed E-state index contributed by atoms with van der Waals surface area (Å²) < 4.78 is 67.4. The number of rotatable bonds is 6. The Morgan fingerprint density at radius 1 is 1.08 bits per heavy atom. The molecule has 0 aromatic heterocycles. The second-order valence-electron chi connectivity index (χ2n) is 5.40. The van der Waals surface area contributed by atoms with Gasteiger partial charge >= 0.3 is 12.1 Å². The van der Waals surface area contributed by atoms with E-state index in [0.717, 1.165) is 24.3 Å². The first-order valence-corrected chi connectivity index (χ1v) is 7.39. The highest BCUT2D eigenvalue weighted by Crippen LogP contribution is 2.39. The molecule has 0 unspecified atom stereocenters. The SMILES string of the molecule is O=C(O)c1cc(CNCCO)cc(-c2ccc(F)cc2C(F)(F)F)c1F. The molecule has 2 aromatic carbocycles. The lowest BCUT2D eigenvalue weighted by molar-refractivity contribution is -0.137. The van der Waals surface area contributed by atoms with Crippen LogP contribution in [-0.4, -0.2) is 29.3 Å². The summed E-state index contributed by atoms with van der Waals surface area (Å²) in [5.74, 6) is -4.15. The van der Waals surface area contributed by atoms with Gasteiger partial charge in [0.05, 0.1) is 17.7 Å². The molecule has 0 atom stereocenters. The van der Waals surface area contributed by atoms with Gasteiger partial charge in [-0.2, -0.15) is 13.2 Å². The molecule has 9 heteroatoms. The van der Waals surface area contributed by atoms with Crippen LogP contribution >= 0.6 is 0 Å². The van der Waals surface area contributed by atoms with E-state index < -0.39 is 46.0 Å². The van der Waals surface area contributed by atoms with Gasteiger partial charge in [0, 0.05) is 18.7 Å². The molecular formula is C17H14F5NO3. The molecule has 2 rings (SSSR count). The number of aromatic carboxylic acids is 1. The van der Waals surface area contributed by atoms with Gasteiger partial charge in [0.1, 0.15) is 11.6 Å². The number of carbonyl (C=O) groups is 1. The van der Waals surface area contributed by atoms with Gasteiger partial charge in [-0.05, 0) is 35.4 Å². The summed E-state index contributed by atoms with van der Waals surface area (Å²) in [6.07, 6.45) is -4.96. The zero-order valence-electron chi connectivity index (χ0n) is 13.2. The minimum atomic E-state index is -4.96. The molecule has 0 amide bonds. The van der Waals surface area contributed by atoms with E-state index in [9.17, 15) is 26.7 Å². The van der Waals surface area contributed by atoms with Crippen LogP contribution in [0.15, 0.2) is 30.3 Å². The van der Waals surface area contributed by atoms with Crippen LogP contribution < -0.4 is 5.32 Å². The van der Waals surface area contributed by atoms with Gasteiger partial charge in [0.15, 0.2) is 0 Å². The fourth-order valence-corrected chi connectivity index (χ4v) is 2.44. The summed E-state index contributed by atoms with van der Waals surface area (Å²) in [5, 5.41) is 20.6. The summed E-state index contributed by atoms with van der Waals surface area (Å²) in [6.45, 7) is -0.0633. The van der Waals surface area contributed by atoms with E-state index in [4.69, 9.17) is 10.2 Å². The lowest BCUT2D eigenvalue weighted by Gasteiger charge is -2.16. The maximum Gasteiger partial charge on any atom is 0.417 e. The van der Waals surface area contributed by atoms with Crippen molar-refractivity contribution < 1.29 is 37.0 Å². The third-order valence-electron chi connectivity index (χ3n) is 3.56. The monoisotopic (exact) mass is 375 g/mol. The smallest absolute Gasteiger partial charge is 0.417 e. The molecule has 0 fully saturated rings. The summed E-state index contributed by atoms with van der Waals surface area (Å²) >= 11 is 0. The minimum Gasteiger partial charge on any atom is -0.478 e. The maximum atomic E-state index is 14.5. The van der Waals surface area contributed by atoms with Crippen molar-refractivity contribution in [2.45, 2.75) is 12.7 Å². The Morgan fingerprint density at radius 3 is 2.35 bits per heavy atom. The maximum absolute atomic E-state index is 14.5. The molecule has 0 aliphatic carbocycles. The van der Waals surface area contributed by atoms with Crippen LogP contribution in [-0.2, 0) is 12.7 Å². The number of carboxylic acids is 1. The third-order valence-corrected chi connectivity index (χ3v) is 3.56. The van der Waals surface area contributed by atoms with Crippen molar-refractivity contribution in [1.82, 2.24) is 5.32 Å². The van der Waals surface area contributed by atoms with Gasteiger partial charge in [-0.3, -0.25) is 0 Å². The first-order chi connectivity index (χ1) is 12.1. The highest BCUT2D eigenvalue weighted by atomic mass is 19.4. The fraction of sp³-hybridized carbons (Fsp3) is 0.235. The van der Waals surface area contributed by atoms with E-state index in [-0.39, 0.29) is 31.3 Å². The number of hydrogen-bond acceptors (Lipinski definition) is 3. The van der Waals surface area contributed by atoms with Crippen molar-refractivity contribution in [3.8, 4) is 11.1 Å². The van der Waals surface area contributed by atoms with Crippen LogP contribution in [0.1, 0.15) is 21.5 Å². The van der Waals surface area contributed by atoms with Crippen molar-refractivity contribution in [3.63, 3.8) is 0 Å². The lowest BCUT2D eigenvalue weighted by Crippen LogP contribution is -2.18. The van der Waals surface area contributed by atoms with Crippen LogP contribution in [0.3, 0.4) is 0 Å². The molecule has 140 valence electrons. The predicted molar refractivity (Wildman–Crippen MR) is 82.5 cm³/mol. The van der Waals surface area contributed by atoms with Gasteiger partial charge in [0.2, 0.25) is 0 Å². The number of nitrogens with one attached hydrogen (secondary N) is 1. The number of carboxylic acid groups (broad SMARTS) is 1. The summed E-state index contributed by atoms with van der Waals surface area (Å²) in [7, 11) is 0. The molecule has 26 heavy (non-hydrogen) atoms. The van der Waals surface area contributed by atoms with Crippen molar-refractivity contribution in [2.75, 3.05) is 13.2 Å². The fourth-order valence-electron chi connectivity index (χ4n) is 2.44. The Morgan fingerprint density at radius 2 is 1.77 bits per heavy atom. The largest absolute Gasteiger partial charge is 0.478 e. The van der Waals surface area contributed by atoms with Gasteiger partial charge < -0.3 is 15.5 Å². The molecule has 0 saturated carbocycles. The molecule has 2 aromatic rings. The van der Waals surface area contributed by atoms with Crippen molar-refractivity contribution in [2.24, 2.45) is 0 Å². The Labute approximate surface area is 144 Å². The number of aliphatic hydroxyl groups excluding tert-OH is 1. The normalized spacial score (nSPS) is 11.6. The molecule has 0 aliphatic rings. The first-order valence-electron chi connectivity index (χ1n) is 7.39. The molecule has 3 N–H and O–H groups in total.